The molecule has 0 rings (SSSR count). The van der Waals surface area contributed by atoms with Gasteiger partial charge in [0.2, 0.25) is 0 Å². The Morgan fingerprint density at radius 2 is 1.83 bits per heavy atom. The summed E-state index contributed by atoms with van der Waals surface area (Å²) in [7, 11) is 0. The monoisotopic (exact) mass is 179 g/mol. The van der Waals surface area contributed by atoms with Gasteiger partial charge in [-0.1, -0.05) is 27.2 Å². The van der Waals surface area contributed by atoms with Gasteiger partial charge in [-0.15, -0.1) is 0 Å². The van der Waals surface area contributed by atoms with Crippen LogP contribution in [0.4, 0.5) is 8.78 Å². The Morgan fingerprint density at radius 1 is 1.25 bits per heavy atom. The van der Waals surface area contributed by atoms with E-state index in [9.17, 15) is 8.78 Å². The van der Waals surface area contributed by atoms with Gasteiger partial charge in [0.15, 0.2) is 0 Å². The molecule has 0 aliphatic heterocycles. The molecule has 1 nitrogen and oxygen atoms in total. The Morgan fingerprint density at radius 3 is 2.17 bits per heavy atom. The van der Waals surface area contributed by atoms with E-state index < -0.39 is 12.5 Å². The van der Waals surface area contributed by atoms with Gasteiger partial charge in [0, 0.05) is 0 Å². The van der Waals surface area contributed by atoms with E-state index in [0.29, 0.717) is 6.54 Å². The van der Waals surface area contributed by atoms with Crippen LogP contribution in [0.3, 0.4) is 0 Å². The van der Waals surface area contributed by atoms with E-state index in [4.69, 9.17) is 0 Å². The van der Waals surface area contributed by atoms with E-state index in [-0.39, 0.29) is 5.92 Å². The summed E-state index contributed by atoms with van der Waals surface area (Å²) in [6, 6.07) is -0.630. The maximum Gasteiger partial charge on any atom is 0.253 e. The van der Waals surface area contributed by atoms with Gasteiger partial charge in [0.1, 0.15) is 0 Å². The first-order valence-electron chi connectivity index (χ1n) is 4.65. The molecule has 0 bridgehead atoms. The Bertz CT molecular complexity index is 107. The number of halogens is 2. The van der Waals surface area contributed by atoms with Gasteiger partial charge in [0.25, 0.3) is 6.43 Å². The zero-order chi connectivity index (χ0) is 9.56. The first-order chi connectivity index (χ1) is 5.63. The van der Waals surface area contributed by atoms with Crippen LogP contribution >= 0.6 is 0 Å². The smallest absolute Gasteiger partial charge is 0.253 e. The minimum atomic E-state index is -2.24. The molecule has 0 aromatic carbocycles. The molecule has 0 saturated carbocycles. The van der Waals surface area contributed by atoms with Crippen molar-refractivity contribution in [2.45, 2.75) is 46.1 Å². The topological polar surface area (TPSA) is 12.0 Å². The van der Waals surface area contributed by atoms with Gasteiger partial charge in [-0.25, -0.2) is 8.78 Å². The second kappa shape index (κ2) is 6.35. The van der Waals surface area contributed by atoms with E-state index in [1.165, 1.54) is 0 Å². The van der Waals surface area contributed by atoms with E-state index in [2.05, 4.69) is 5.32 Å². The van der Waals surface area contributed by atoms with Crippen LogP contribution in [-0.2, 0) is 0 Å². The van der Waals surface area contributed by atoms with Crippen LogP contribution in [0.5, 0.6) is 0 Å². The summed E-state index contributed by atoms with van der Waals surface area (Å²) >= 11 is 0. The molecular formula is C9H19F2N. The Labute approximate surface area is 73.5 Å². The lowest BCUT2D eigenvalue weighted by atomic mass is 9.97. The average molecular weight is 179 g/mol. The summed E-state index contributed by atoms with van der Waals surface area (Å²) < 4.78 is 24.8. The Balaban J connectivity index is 3.90. The van der Waals surface area contributed by atoms with Crippen molar-refractivity contribution in [1.82, 2.24) is 5.32 Å². The fourth-order valence-electron chi connectivity index (χ4n) is 1.41. The lowest BCUT2D eigenvalue weighted by Gasteiger charge is -2.23. The molecule has 2 atom stereocenters. The van der Waals surface area contributed by atoms with Crippen molar-refractivity contribution in [3.8, 4) is 0 Å². The summed E-state index contributed by atoms with van der Waals surface area (Å²) in [5, 5.41) is 2.82. The highest BCUT2D eigenvalue weighted by molar-refractivity contribution is 4.74. The van der Waals surface area contributed by atoms with Gasteiger partial charge >= 0.3 is 0 Å². The molecule has 0 aromatic rings. The number of hydrogen-bond acceptors (Lipinski definition) is 1. The van der Waals surface area contributed by atoms with Crippen LogP contribution in [0.1, 0.15) is 33.6 Å². The van der Waals surface area contributed by atoms with E-state index in [0.717, 1.165) is 12.8 Å². The van der Waals surface area contributed by atoms with Gasteiger partial charge in [-0.3, -0.25) is 0 Å². The number of nitrogens with one attached hydrogen (secondary N) is 1. The standard InChI is InChI=1S/C9H19F2N/c1-4-6-7(3)8(9(10)11)12-5-2/h7-9,12H,4-6H2,1-3H3. The van der Waals surface area contributed by atoms with Crippen LogP contribution in [0.2, 0.25) is 0 Å². The molecule has 0 radical (unpaired) electrons. The third kappa shape index (κ3) is 4.00. The maximum absolute atomic E-state index is 12.4. The van der Waals surface area contributed by atoms with E-state index in [1.807, 2.05) is 20.8 Å². The third-order valence-electron chi connectivity index (χ3n) is 2.07. The fraction of sp³-hybridized carbons (Fsp3) is 1.00. The molecule has 3 heteroatoms. The second-order valence-corrected chi connectivity index (χ2v) is 3.18. The van der Waals surface area contributed by atoms with Crippen LogP contribution < -0.4 is 5.32 Å². The highest BCUT2D eigenvalue weighted by Gasteiger charge is 2.24. The van der Waals surface area contributed by atoms with Crippen molar-refractivity contribution < 1.29 is 8.78 Å². The molecule has 0 fully saturated rings. The fourth-order valence-corrected chi connectivity index (χ4v) is 1.41. The van der Waals surface area contributed by atoms with Crippen molar-refractivity contribution in [2.75, 3.05) is 6.54 Å². The zero-order valence-electron chi connectivity index (χ0n) is 8.11. The molecule has 1 N–H and O–H groups in total. The quantitative estimate of drug-likeness (QED) is 0.661. The van der Waals surface area contributed by atoms with Crippen LogP contribution in [0.25, 0.3) is 0 Å². The molecule has 0 amide bonds. The molecule has 0 aliphatic rings. The predicted molar refractivity (Wildman–Crippen MR) is 47.5 cm³/mol. The summed E-state index contributed by atoms with van der Waals surface area (Å²) in [4.78, 5) is 0. The molecule has 0 saturated heterocycles. The third-order valence-corrected chi connectivity index (χ3v) is 2.07. The highest BCUT2D eigenvalue weighted by atomic mass is 19.3. The summed E-state index contributed by atoms with van der Waals surface area (Å²) in [6.45, 7) is 6.37. The number of alkyl halides is 2. The summed E-state index contributed by atoms with van der Waals surface area (Å²) in [5.41, 5.74) is 0. The van der Waals surface area contributed by atoms with Crippen LogP contribution in [0, 0.1) is 5.92 Å². The van der Waals surface area contributed by atoms with Crippen molar-refractivity contribution in [3.63, 3.8) is 0 Å². The predicted octanol–water partition coefficient (Wildman–Crippen LogP) is 2.67. The molecule has 0 spiro atoms. The van der Waals surface area contributed by atoms with Crippen molar-refractivity contribution in [1.29, 1.82) is 0 Å². The Kier molecular flexibility index (Phi) is 6.25. The van der Waals surface area contributed by atoms with Gasteiger partial charge in [-0.2, -0.15) is 0 Å². The SMILES string of the molecule is CCCC(C)C(NCC)C(F)F. The minimum Gasteiger partial charge on any atom is -0.309 e. The highest BCUT2D eigenvalue weighted by Crippen LogP contribution is 2.16. The summed E-state index contributed by atoms with van der Waals surface area (Å²) in [6.07, 6.45) is -0.413. The first-order valence-corrected chi connectivity index (χ1v) is 4.65. The van der Waals surface area contributed by atoms with Crippen LogP contribution in [0.15, 0.2) is 0 Å². The molecule has 74 valence electrons. The first kappa shape index (κ1) is 11.8. The zero-order valence-corrected chi connectivity index (χ0v) is 8.11. The maximum atomic E-state index is 12.4. The summed E-state index contributed by atoms with van der Waals surface area (Å²) in [5.74, 6) is 0.0648. The molecule has 12 heavy (non-hydrogen) atoms. The van der Waals surface area contributed by atoms with Gasteiger partial charge < -0.3 is 5.32 Å². The lowest BCUT2D eigenvalue weighted by Crippen LogP contribution is -2.40. The van der Waals surface area contributed by atoms with Crippen molar-refractivity contribution >= 4 is 0 Å². The molecule has 0 heterocycles. The average Bonchev–Trinajstić information content (AvgIpc) is 1.99. The van der Waals surface area contributed by atoms with E-state index in [1.54, 1.807) is 0 Å². The minimum absolute atomic E-state index is 0.0648. The van der Waals surface area contributed by atoms with Crippen molar-refractivity contribution in [3.05, 3.63) is 0 Å². The lowest BCUT2D eigenvalue weighted by molar-refractivity contribution is 0.0714. The molecule has 0 aliphatic carbocycles. The van der Waals surface area contributed by atoms with E-state index >= 15 is 0 Å². The second-order valence-electron chi connectivity index (χ2n) is 3.18. The number of hydrogen-bond donors (Lipinski definition) is 1. The number of rotatable bonds is 6. The van der Waals surface area contributed by atoms with Crippen LogP contribution in [-0.4, -0.2) is 19.0 Å². The molecule has 2 unspecified atom stereocenters. The van der Waals surface area contributed by atoms with Gasteiger partial charge in [0.05, 0.1) is 6.04 Å². The molecular weight excluding hydrogens is 160 g/mol. The molecule has 0 aromatic heterocycles. The Hall–Kier alpha value is -0.180. The largest absolute Gasteiger partial charge is 0.309 e. The van der Waals surface area contributed by atoms with Gasteiger partial charge in [-0.05, 0) is 18.9 Å². The van der Waals surface area contributed by atoms with Crippen molar-refractivity contribution in [2.24, 2.45) is 5.92 Å². The normalized spacial score (nSPS) is 16.5.